The van der Waals surface area contributed by atoms with Gasteiger partial charge in [0, 0.05) is 17.1 Å². The largest absolute Gasteiger partial charge is 0.497 e. The third kappa shape index (κ3) is 5.51. The molecule has 0 unspecified atom stereocenters. The summed E-state index contributed by atoms with van der Waals surface area (Å²) in [5.41, 5.74) is 3.61. The molecule has 0 aliphatic rings. The minimum absolute atomic E-state index is 0.0580. The number of hydrogen-bond donors (Lipinski definition) is 2. The zero-order valence-electron chi connectivity index (χ0n) is 16.1. The van der Waals surface area contributed by atoms with Gasteiger partial charge in [0.1, 0.15) is 11.5 Å². The first-order valence-corrected chi connectivity index (χ1v) is 9.19. The minimum Gasteiger partial charge on any atom is -0.497 e. The van der Waals surface area contributed by atoms with Gasteiger partial charge in [-0.1, -0.05) is 12.1 Å². The maximum absolute atomic E-state index is 12.2. The van der Waals surface area contributed by atoms with Crippen molar-refractivity contribution >= 4 is 23.0 Å². The van der Waals surface area contributed by atoms with Crippen molar-refractivity contribution < 1.29 is 14.3 Å². The molecule has 0 fully saturated rings. The van der Waals surface area contributed by atoms with Crippen LogP contribution in [0.15, 0.2) is 72.8 Å². The molecule has 0 spiro atoms. The molecule has 144 valence electrons. The summed E-state index contributed by atoms with van der Waals surface area (Å²) in [5, 5.41) is 6.24. The van der Waals surface area contributed by atoms with Crippen LogP contribution in [0.1, 0.15) is 12.5 Å². The smallest absolute Gasteiger partial charge is 0.228 e. The molecule has 0 saturated heterocycles. The van der Waals surface area contributed by atoms with Crippen LogP contribution in [0.5, 0.6) is 11.5 Å². The van der Waals surface area contributed by atoms with Crippen molar-refractivity contribution in [1.82, 2.24) is 0 Å². The zero-order valence-corrected chi connectivity index (χ0v) is 16.1. The van der Waals surface area contributed by atoms with E-state index in [1.54, 1.807) is 7.11 Å². The Morgan fingerprint density at radius 1 is 0.786 bits per heavy atom. The van der Waals surface area contributed by atoms with Gasteiger partial charge in [-0.3, -0.25) is 4.79 Å². The molecular formula is C23H24N2O3. The molecule has 0 radical (unpaired) electrons. The molecule has 0 heterocycles. The molecular weight excluding hydrogens is 352 g/mol. The van der Waals surface area contributed by atoms with Gasteiger partial charge in [0.2, 0.25) is 5.91 Å². The van der Waals surface area contributed by atoms with E-state index in [0.29, 0.717) is 13.0 Å². The summed E-state index contributed by atoms with van der Waals surface area (Å²) in [6.45, 7) is 2.61. The Kier molecular flexibility index (Phi) is 6.52. The van der Waals surface area contributed by atoms with Crippen molar-refractivity contribution in [3.8, 4) is 11.5 Å². The van der Waals surface area contributed by atoms with Crippen LogP contribution in [0.4, 0.5) is 17.1 Å². The standard InChI is InChI=1S/C23H24N2O3/c1-3-28-22-14-10-19(11-15-22)24-18-6-8-20(9-7-18)25-23(26)16-17-4-12-21(27-2)13-5-17/h4-15,24H,3,16H2,1-2H3,(H,25,26). The van der Waals surface area contributed by atoms with Crippen LogP contribution < -0.4 is 20.1 Å². The van der Waals surface area contributed by atoms with Gasteiger partial charge in [-0.2, -0.15) is 0 Å². The summed E-state index contributed by atoms with van der Waals surface area (Å²) < 4.78 is 10.6. The van der Waals surface area contributed by atoms with E-state index in [1.807, 2.05) is 79.7 Å². The highest BCUT2D eigenvalue weighted by Crippen LogP contribution is 2.21. The second-order valence-corrected chi connectivity index (χ2v) is 6.23. The lowest BCUT2D eigenvalue weighted by Crippen LogP contribution is -2.14. The van der Waals surface area contributed by atoms with Gasteiger partial charge in [0.15, 0.2) is 0 Å². The number of ether oxygens (including phenoxy) is 2. The Bertz CT molecular complexity index is 889. The van der Waals surface area contributed by atoms with Crippen LogP contribution >= 0.6 is 0 Å². The number of carbonyl (C=O) groups excluding carboxylic acids is 1. The highest BCUT2D eigenvalue weighted by Gasteiger charge is 2.05. The molecule has 5 nitrogen and oxygen atoms in total. The Labute approximate surface area is 165 Å². The molecule has 3 aromatic rings. The Hall–Kier alpha value is -3.47. The quantitative estimate of drug-likeness (QED) is 0.580. The fourth-order valence-corrected chi connectivity index (χ4v) is 2.74. The number of nitrogens with one attached hydrogen (secondary N) is 2. The van der Waals surface area contributed by atoms with Crippen LogP contribution in [0.3, 0.4) is 0 Å². The number of carbonyl (C=O) groups is 1. The molecule has 3 aromatic carbocycles. The molecule has 0 bridgehead atoms. The van der Waals surface area contributed by atoms with Crippen LogP contribution in [-0.2, 0) is 11.2 Å². The third-order valence-corrected chi connectivity index (χ3v) is 4.15. The molecule has 1 amide bonds. The average molecular weight is 376 g/mol. The van der Waals surface area contributed by atoms with E-state index >= 15 is 0 Å². The second-order valence-electron chi connectivity index (χ2n) is 6.23. The molecule has 0 aromatic heterocycles. The minimum atomic E-state index is -0.0580. The van der Waals surface area contributed by atoms with E-state index < -0.39 is 0 Å². The molecule has 0 atom stereocenters. The molecule has 2 N–H and O–H groups in total. The van der Waals surface area contributed by atoms with Crippen molar-refractivity contribution in [3.05, 3.63) is 78.4 Å². The van der Waals surface area contributed by atoms with E-state index in [1.165, 1.54) is 0 Å². The first kappa shape index (κ1) is 19.3. The molecule has 0 aliphatic carbocycles. The number of benzene rings is 3. The van der Waals surface area contributed by atoms with Crippen molar-refractivity contribution in [2.24, 2.45) is 0 Å². The van der Waals surface area contributed by atoms with Crippen LogP contribution in [-0.4, -0.2) is 19.6 Å². The zero-order chi connectivity index (χ0) is 19.8. The van der Waals surface area contributed by atoms with Gasteiger partial charge >= 0.3 is 0 Å². The van der Waals surface area contributed by atoms with Crippen LogP contribution in [0.25, 0.3) is 0 Å². The maximum Gasteiger partial charge on any atom is 0.228 e. The van der Waals surface area contributed by atoms with Gasteiger partial charge in [0.05, 0.1) is 20.1 Å². The highest BCUT2D eigenvalue weighted by molar-refractivity contribution is 5.92. The first-order valence-electron chi connectivity index (χ1n) is 9.19. The molecule has 0 saturated carbocycles. The summed E-state index contributed by atoms with van der Waals surface area (Å²) in [6, 6.07) is 22.9. The van der Waals surface area contributed by atoms with E-state index in [-0.39, 0.29) is 5.91 Å². The number of amides is 1. The normalized spacial score (nSPS) is 10.2. The Morgan fingerprint density at radius 2 is 1.32 bits per heavy atom. The topological polar surface area (TPSA) is 59.6 Å². The number of hydrogen-bond acceptors (Lipinski definition) is 4. The van der Waals surface area contributed by atoms with Crippen LogP contribution in [0.2, 0.25) is 0 Å². The fourth-order valence-electron chi connectivity index (χ4n) is 2.74. The lowest BCUT2D eigenvalue weighted by atomic mass is 10.1. The average Bonchev–Trinajstić information content (AvgIpc) is 2.72. The van der Waals surface area contributed by atoms with Crippen molar-refractivity contribution in [2.45, 2.75) is 13.3 Å². The summed E-state index contributed by atoms with van der Waals surface area (Å²) in [5.74, 6) is 1.57. The molecule has 0 aliphatic heterocycles. The predicted octanol–water partition coefficient (Wildman–Crippen LogP) is 5.02. The van der Waals surface area contributed by atoms with Crippen molar-refractivity contribution in [3.63, 3.8) is 0 Å². The Balaban J connectivity index is 1.53. The summed E-state index contributed by atoms with van der Waals surface area (Å²) in [6.07, 6.45) is 0.316. The number of anilines is 3. The van der Waals surface area contributed by atoms with Gasteiger partial charge in [-0.05, 0) is 73.2 Å². The van der Waals surface area contributed by atoms with Gasteiger partial charge < -0.3 is 20.1 Å². The summed E-state index contributed by atoms with van der Waals surface area (Å²) in [4.78, 5) is 12.2. The molecule has 28 heavy (non-hydrogen) atoms. The lowest BCUT2D eigenvalue weighted by Gasteiger charge is -2.10. The van der Waals surface area contributed by atoms with E-state index in [0.717, 1.165) is 34.1 Å². The van der Waals surface area contributed by atoms with Gasteiger partial charge in [-0.25, -0.2) is 0 Å². The maximum atomic E-state index is 12.2. The van der Waals surface area contributed by atoms with Gasteiger partial charge in [0.25, 0.3) is 0 Å². The number of methoxy groups -OCH3 is 1. The summed E-state index contributed by atoms with van der Waals surface area (Å²) >= 11 is 0. The van der Waals surface area contributed by atoms with E-state index in [9.17, 15) is 4.79 Å². The summed E-state index contributed by atoms with van der Waals surface area (Å²) in [7, 11) is 1.62. The second kappa shape index (κ2) is 9.46. The molecule has 3 rings (SSSR count). The van der Waals surface area contributed by atoms with E-state index in [2.05, 4.69) is 10.6 Å². The van der Waals surface area contributed by atoms with Crippen molar-refractivity contribution in [2.75, 3.05) is 24.4 Å². The lowest BCUT2D eigenvalue weighted by molar-refractivity contribution is -0.115. The van der Waals surface area contributed by atoms with Crippen molar-refractivity contribution in [1.29, 1.82) is 0 Å². The van der Waals surface area contributed by atoms with Crippen LogP contribution in [0, 0.1) is 0 Å². The first-order chi connectivity index (χ1) is 13.7. The fraction of sp³-hybridized carbons (Fsp3) is 0.174. The van der Waals surface area contributed by atoms with E-state index in [4.69, 9.17) is 9.47 Å². The number of rotatable bonds is 8. The van der Waals surface area contributed by atoms with Gasteiger partial charge in [-0.15, -0.1) is 0 Å². The SMILES string of the molecule is CCOc1ccc(Nc2ccc(NC(=O)Cc3ccc(OC)cc3)cc2)cc1. The monoisotopic (exact) mass is 376 g/mol. The third-order valence-electron chi connectivity index (χ3n) is 4.15. The predicted molar refractivity (Wildman–Crippen MR) is 113 cm³/mol. The highest BCUT2D eigenvalue weighted by atomic mass is 16.5. The Morgan fingerprint density at radius 3 is 1.89 bits per heavy atom. The molecule has 5 heteroatoms.